The zero-order valence-electron chi connectivity index (χ0n) is 33.0. The first-order chi connectivity index (χ1) is 29.4. The highest BCUT2D eigenvalue weighted by Crippen LogP contribution is 2.65. The molecular weight excluding hydrogens is 753 g/mol. The van der Waals surface area contributed by atoms with Gasteiger partial charge in [-0.1, -0.05) is 121 Å². The van der Waals surface area contributed by atoms with Gasteiger partial charge in [0, 0.05) is 24.3 Å². The van der Waals surface area contributed by atoms with Crippen LogP contribution in [0.2, 0.25) is 0 Å². The van der Waals surface area contributed by atoms with Gasteiger partial charge in [-0.15, -0.1) is 5.10 Å². The van der Waals surface area contributed by atoms with Crippen molar-refractivity contribution in [2.24, 2.45) is 5.92 Å². The molecule has 1 spiro atoms. The van der Waals surface area contributed by atoms with E-state index in [1.807, 2.05) is 108 Å². The van der Waals surface area contributed by atoms with Crippen LogP contribution in [0, 0.1) is 17.8 Å². The van der Waals surface area contributed by atoms with Crippen LogP contribution in [-0.2, 0) is 31.1 Å². The number of ether oxygens (including phenoxy) is 1. The quantitative estimate of drug-likeness (QED) is 0.138. The number of aromatic nitrogens is 3. The highest BCUT2D eigenvalue weighted by molar-refractivity contribution is 6.12. The highest BCUT2D eigenvalue weighted by atomic mass is 16.6. The van der Waals surface area contributed by atoms with Crippen LogP contribution in [0.3, 0.4) is 0 Å². The van der Waals surface area contributed by atoms with E-state index in [2.05, 4.69) is 32.4 Å². The van der Waals surface area contributed by atoms with E-state index in [-0.39, 0.29) is 24.1 Å². The van der Waals surface area contributed by atoms with Gasteiger partial charge in [-0.3, -0.25) is 19.3 Å². The number of hydrogen-bond acceptors (Lipinski definition) is 8. The Morgan fingerprint density at radius 1 is 0.783 bits per heavy atom. The summed E-state index contributed by atoms with van der Waals surface area (Å²) in [5.74, 6) is 4.28. The van der Waals surface area contributed by atoms with Crippen molar-refractivity contribution in [1.82, 2.24) is 24.8 Å². The van der Waals surface area contributed by atoms with Gasteiger partial charge in [0.15, 0.2) is 0 Å². The lowest BCUT2D eigenvalue weighted by molar-refractivity contribution is -0.179. The van der Waals surface area contributed by atoms with Crippen LogP contribution >= 0.6 is 0 Å². The standard InChI is InChI=1S/C49H44N6O5/c56-36-25-23-35(24-26-36)45-49(37-31-32(22-27-38(37)50-48(49)59)15-14-30-54-40-21-11-10-20-39(40)51-52-54)41(46(57)53-28-12-2-1-3-13-29-53)43-47(58)60-44(34-18-8-5-9-19-34)42(55(43)45)33-16-6-4-7-17-33/h4-11,16-27,31,41-45,56H,1-3,12-13,28-30H2,(H,50,59). The number of likely N-dealkylation sites (tertiary alicyclic amines) is 1. The third-order valence-electron chi connectivity index (χ3n) is 12.8. The summed E-state index contributed by atoms with van der Waals surface area (Å²) >= 11 is 0. The number of anilines is 1. The van der Waals surface area contributed by atoms with E-state index in [0.29, 0.717) is 35.5 Å². The summed E-state index contributed by atoms with van der Waals surface area (Å²) in [7, 11) is 0. The van der Waals surface area contributed by atoms with Crippen molar-refractivity contribution in [1.29, 1.82) is 0 Å². The number of carbonyl (C=O) groups excluding carboxylic acids is 3. The van der Waals surface area contributed by atoms with Gasteiger partial charge in [0.1, 0.15) is 35.4 Å². The molecule has 4 aliphatic rings. The Kier molecular flexibility index (Phi) is 9.65. The smallest absolute Gasteiger partial charge is 0.324 e. The Morgan fingerprint density at radius 2 is 1.47 bits per heavy atom. The molecule has 5 heterocycles. The lowest BCUT2D eigenvalue weighted by Crippen LogP contribution is -2.55. The minimum absolute atomic E-state index is 0.0597. The van der Waals surface area contributed by atoms with Crippen molar-refractivity contribution in [2.45, 2.75) is 68.3 Å². The molecule has 6 atom stereocenters. The molecular formula is C49H44N6O5. The molecule has 0 bridgehead atoms. The molecule has 0 aliphatic carbocycles. The second-order valence-electron chi connectivity index (χ2n) is 16.2. The van der Waals surface area contributed by atoms with Gasteiger partial charge >= 0.3 is 5.97 Å². The van der Waals surface area contributed by atoms with Gasteiger partial charge < -0.3 is 20.1 Å². The van der Waals surface area contributed by atoms with Crippen molar-refractivity contribution in [3.8, 4) is 17.6 Å². The van der Waals surface area contributed by atoms with Crippen LogP contribution in [0.15, 0.2) is 127 Å². The molecule has 3 saturated heterocycles. The Morgan fingerprint density at radius 3 is 2.22 bits per heavy atom. The molecule has 2 N–H and O–H groups in total. The Hall–Kier alpha value is -6.77. The first-order valence-corrected chi connectivity index (χ1v) is 20.8. The SMILES string of the molecule is O=C1OC(c2ccccc2)C(c2ccccc2)N2C1C(C(=O)N1CCCCCCC1)C1(C(=O)Nc3ccc(C#CCn4nnc5ccccc54)cc31)C2c1ccc(O)cc1. The summed E-state index contributed by atoms with van der Waals surface area (Å²) in [6.45, 7) is 1.35. The van der Waals surface area contributed by atoms with Gasteiger partial charge in [0.2, 0.25) is 11.8 Å². The summed E-state index contributed by atoms with van der Waals surface area (Å²) in [6.07, 6.45) is 4.00. The monoisotopic (exact) mass is 796 g/mol. The molecule has 4 aliphatic heterocycles. The first-order valence-electron chi connectivity index (χ1n) is 20.8. The zero-order chi connectivity index (χ0) is 40.8. The predicted octanol–water partition coefficient (Wildman–Crippen LogP) is 7.25. The number of morpholine rings is 1. The highest BCUT2D eigenvalue weighted by Gasteiger charge is 2.74. The number of rotatable bonds is 5. The molecule has 300 valence electrons. The minimum atomic E-state index is -1.62. The second kappa shape index (κ2) is 15.4. The molecule has 10 rings (SSSR count). The van der Waals surface area contributed by atoms with E-state index >= 15 is 14.4 Å². The molecule has 11 nitrogen and oxygen atoms in total. The molecule has 6 unspecified atom stereocenters. The van der Waals surface area contributed by atoms with E-state index in [1.165, 1.54) is 0 Å². The number of amides is 2. The van der Waals surface area contributed by atoms with Crippen LogP contribution in [0.4, 0.5) is 5.69 Å². The largest absolute Gasteiger partial charge is 0.508 e. The van der Waals surface area contributed by atoms with E-state index in [4.69, 9.17) is 4.74 Å². The number of nitrogens with zero attached hydrogens (tertiary/aromatic N) is 5. The number of nitrogens with one attached hydrogen (secondary N) is 1. The number of esters is 1. The first kappa shape index (κ1) is 37.5. The van der Waals surface area contributed by atoms with E-state index in [0.717, 1.165) is 54.3 Å². The molecule has 5 aromatic carbocycles. The second-order valence-corrected chi connectivity index (χ2v) is 16.2. The fourth-order valence-electron chi connectivity index (χ4n) is 10.2. The molecule has 3 fully saturated rings. The maximum atomic E-state index is 15.7. The summed E-state index contributed by atoms with van der Waals surface area (Å²) in [5.41, 5.74) is 4.18. The third kappa shape index (κ3) is 6.21. The van der Waals surface area contributed by atoms with Gasteiger partial charge in [-0.05, 0) is 77.6 Å². The average molecular weight is 797 g/mol. The summed E-state index contributed by atoms with van der Waals surface area (Å²) in [5, 5.41) is 22.4. The molecule has 11 heteroatoms. The van der Waals surface area contributed by atoms with Gasteiger partial charge in [-0.2, -0.15) is 0 Å². The predicted molar refractivity (Wildman–Crippen MR) is 225 cm³/mol. The molecule has 0 saturated carbocycles. The molecule has 2 amide bonds. The Bertz CT molecular complexity index is 2650. The number of aromatic hydroxyl groups is 1. The Balaban J connectivity index is 1.20. The number of benzene rings is 5. The van der Waals surface area contributed by atoms with Crippen molar-refractivity contribution in [3.63, 3.8) is 0 Å². The van der Waals surface area contributed by atoms with E-state index < -0.39 is 41.5 Å². The van der Waals surface area contributed by atoms with E-state index in [1.54, 1.807) is 28.9 Å². The van der Waals surface area contributed by atoms with Crippen LogP contribution in [0.5, 0.6) is 5.75 Å². The lowest BCUT2D eigenvalue weighted by Gasteiger charge is -2.46. The number of fused-ring (bicyclic) bond motifs is 4. The summed E-state index contributed by atoms with van der Waals surface area (Å²) in [6, 6.07) is 37.1. The van der Waals surface area contributed by atoms with Crippen molar-refractivity contribution in [2.75, 3.05) is 18.4 Å². The maximum Gasteiger partial charge on any atom is 0.324 e. The van der Waals surface area contributed by atoms with Crippen LogP contribution in [0.1, 0.15) is 78.1 Å². The number of hydrogen-bond donors (Lipinski definition) is 2. The number of cyclic esters (lactones) is 1. The zero-order valence-corrected chi connectivity index (χ0v) is 33.0. The number of carbonyl (C=O) groups is 3. The fraction of sp³-hybridized carbons (Fsp3) is 0.286. The number of phenolic OH excluding ortho intramolecular Hbond substituents is 1. The fourth-order valence-corrected chi connectivity index (χ4v) is 10.2. The summed E-state index contributed by atoms with van der Waals surface area (Å²) in [4.78, 5) is 50.3. The molecule has 6 aromatic rings. The van der Waals surface area contributed by atoms with Crippen LogP contribution in [-0.4, -0.2) is 66.8 Å². The van der Waals surface area contributed by atoms with Gasteiger partial charge in [-0.25, -0.2) is 4.68 Å². The number of para-hydroxylation sites is 1. The topological polar surface area (TPSA) is 130 Å². The maximum absolute atomic E-state index is 15.7. The van der Waals surface area contributed by atoms with Crippen LogP contribution < -0.4 is 5.32 Å². The Labute approximate surface area is 348 Å². The molecule has 0 radical (unpaired) electrons. The van der Waals surface area contributed by atoms with Gasteiger partial charge in [0.05, 0.1) is 23.5 Å². The van der Waals surface area contributed by atoms with Crippen molar-refractivity contribution < 1.29 is 24.2 Å². The lowest BCUT2D eigenvalue weighted by atomic mass is 9.65. The van der Waals surface area contributed by atoms with Crippen molar-refractivity contribution in [3.05, 3.63) is 155 Å². The molecule has 1 aromatic heterocycles. The number of phenols is 1. The van der Waals surface area contributed by atoms with E-state index in [9.17, 15) is 5.11 Å². The third-order valence-corrected chi connectivity index (χ3v) is 12.8. The average Bonchev–Trinajstić information content (AvgIpc) is 3.91. The van der Waals surface area contributed by atoms with Crippen LogP contribution in [0.25, 0.3) is 11.0 Å². The van der Waals surface area contributed by atoms with Gasteiger partial charge in [0.25, 0.3) is 0 Å². The van der Waals surface area contributed by atoms with Crippen molar-refractivity contribution >= 4 is 34.5 Å². The minimum Gasteiger partial charge on any atom is -0.508 e. The normalized spacial score (nSPS) is 25.1. The molecule has 60 heavy (non-hydrogen) atoms. The summed E-state index contributed by atoms with van der Waals surface area (Å²) < 4.78 is 8.32.